The molecule has 0 bridgehead atoms. The Kier molecular flexibility index (Phi) is 4.44. The maximum absolute atomic E-state index is 12.6. The van der Waals surface area contributed by atoms with Crippen molar-refractivity contribution in [2.24, 2.45) is 11.1 Å². The average molecular weight is 312 g/mol. The molecular formula is C15H24N2O3S. The Hall–Kier alpha value is -0.950. The molecule has 1 fully saturated rings. The Balaban J connectivity index is 2.20. The average Bonchev–Trinajstić information content (AvgIpc) is 2.42. The van der Waals surface area contributed by atoms with Crippen molar-refractivity contribution < 1.29 is 13.2 Å². The summed E-state index contributed by atoms with van der Waals surface area (Å²) >= 11 is 0. The van der Waals surface area contributed by atoms with Gasteiger partial charge in [0.1, 0.15) is 0 Å². The Bertz CT molecular complexity index is 626. The quantitative estimate of drug-likeness (QED) is 0.864. The predicted molar refractivity (Wildman–Crippen MR) is 82.4 cm³/mol. The molecule has 0 amide bonds. The number of hydrogen-bond acceptors (Lipinski definition) is 4. The summed E-state index contributed by atoms with van der Waals surface area (Å²) in [6.45, 7) is 6.22. The predicted octanol–water partition coefficient (Wildman–Crippen LogP) is 1.55. The highest BCUT2D eigenvalue weighted by Crippen LogP contribution is 2.43. The third-order valence-electron chi connectivity index (χ3n) is 4.52. The molecule has 6 heteroatoms. The van der Waals surface area contributed by atoms with Crippen LogP contribution in [0.2, 0.25) is 0 Å². The summed E-state index contributed by atoms with van der Waals surface area (Å²) in [4.78, 5) is 0.316. The molecule has 0 radical (unpaired) electrons. The van der Waals surface area contributed by atoms with Gasteiger partial charge in [-0.05, 0) is 30.5 Å². The van der Waals surface area contributed by atoms with Crippen LogP contribution in [0.1, 0.15) is 31.4 Å². The summed E-state index contributed by atoms with van der Waals surface area (Å²) in [7, 11) is -1.87. The van der Waals surface area contributed by atoms with E-state index in [2.05, 4.69) is 4.72 Å². The molecule has 0 aliphatic heterocycles. The molecular weight excluding hydrogens is 288 g/mol. The van der Waals surface area contributed by atoms with E-state index in [0.29, 0.717) is 23.4 Å². The van der Waals surface area contributed by atoms with Gasteiger partial charge in [-0.15, -0.1) is 0 Å². The first-order valence-electron chi connectivity index (χ1n) is 7.07. The normalized spacial score (nSPS) is 24.6. The Morgan fingerprint density at radius 1 is 1.43 bits per heavy atom. The minimum absolute atomic E-state index is 0.0888. The molecule has 1 aliphatic carbocycles. The van der Waals surface area contributed by atoms with Crippen molar-refractivity contribution in [3.63, 3.8) is 0 Å². The first-order valence-corrected chi connectivity index (χ1v) is 8.55. The molecule has 2 atom stereocenters. The van der Waals surface area contributed by atoms with Crippen LogP contribution in [0, 0.1) is 12.3 Å². The van der Waals surface area contributed by atoms with Crippen molar-refractivity contribution >= 4 is 10.0 Å². The Labute approximate surface area is 126 Å². The molecule has 3 N–H and O–H groups in total. The van der Waals surface area contributed by atoms with Crippen molar-refractivity contribution in [3.8, 4) is 0 Å². The number of hydrogen-bond donors (Lipinski definition) is 2. The fourth-order valence-electron chi connectivity index (χ4n) is 2.88. The molecule has 21 heavy (non-hydrogen) atoms. The van der Waals surface area contributed by atoms with Crippen LogP contribution in [0.3, 0.4) is 0 Å². The molecule has 0 heterocycles. The number of benzene rings is 1. The van der Waals surface area contributed by atoms with Crippen LogP contribution in [0.15, 0.2) is 23.1 Å². The fraction of sp³-hybridized carbons (Fsp3) is 0.600. The number of rotatable bonds is 5. The van der Waals surface area contributed by atoms with Crippen molar-refractivity contribution in [1.82, 2.24) is 4.72 Å². The first-order chi connectivity index (χ1) is 9.72. The number of aryl methyl sites for hydroxylation is 1. The van der Waals surface area contributed by atoms with Gasteiger partial charge in [-0.25, -0.2) is 13.1 Å². The van der Waals surface area contributed by atoms with E-state index < -0.39 is 10.0 Å². The van der Waals surface area contributed by atoms with Crippen LogP contribution in [0.4, 0.5) is 0 Å². The van der Waals surface area contributed by atoms with Crippen LogP contribution in [0.5, 0.6) is 0 Å². The highest BCUT2D eigenvalue weighted by atomic mass is 32.2. The maximum atomic E-state index is 12.6. The van der Waals surface area contributed by atoms with Crippen molar-refractivity contribution in [3.05, 3.63) is 29.3 Å². The van der Waals surface area contributed by atoms with Gasteiger partial charge in [0.25, 0.3) is 0 Å². The second-order valence-corrected chi connectivity index (χ2v) is 7.94. The fourth-order valence-corrected chi connectivity index (χ4v) is 4.51. The Morgan fingerprint density at radius 3 is 2.57 bits per heavy atom. The minimum atomic E-state index is -3.53. The molecule has 0 saturated heterocycles. The van der Waals surface area contributed by atoms with Gasteiger partial charge in [0.2, 0.25) is 10.0 Å². The van der Waals surface area contributed by atoms with Crippen LogP contribution < -0.4 is 10.5 Å². The highest BCUT2D eigenvalue weighted by molar-refractivity contribution is 7.89. The molecule has 0 aromatic heterocycles. The van der Waals surface area contributed by atoms with Gasteiger partial charge in [0.15, 0.2) is 0 Å². The monoisotopic (exact) mass is 312 g/mol. The van der Waals surface area contributed by atoms with E-state index in [4.69, 9.17) is 10.5 Å². The summed E-state index contributed by atoms with van der Waals surface area (Å²) in [5, 5.41) is 0. The summed E-state index contributed by atoms with van der Waals surface area (Å²) in [5.41, 5.74) is 7.01. The lowest BCUT2D eigenvalue weighted by Crippen LogP contribution is -2.61. The zero-order valence-corrected chi connectivity index (χ0v) is 13.8. The largest absolute Gasteiger partial charge is 0.381 e. The van der Waals surface area contributed by atoms with Gasteiger partial charge >= 0.3 is 0 Å². The zero-order valence-electron chi connectivity index (χ0n) is 13.0. The topological polar surface area (TPSA) is 81.4 Å². The number of nitrogens with two attached hydrogens (primary N) is 1. The first kappa shape index (κ1) is 16.4. The highest BCUT2D eigenvalue weighted by Gasteiger charge is 2.50. The molecule has 1 aromatic carbocycles. The summed E-state index contributed by atoms with van der Waals surface area (Å²) < 4.78 is 33.3. The third-order valence-corrected chi connectivity index (χ3v) is 6.16. The van der Waals surface area contributed by atoms with E-state index in [1.54, 1.807) is 26.2 Å². The van der Waals surface area contributed by atoms with Crippen LogP contribution in [-0.2, 0) is 21.3 Å². The lowest BCUT2D eigenvalue weighted by Gasteiger charge is -2.51. The molecule has 118 valence electrons. The molecule has 1 aromatic rings. The number of ether oxygens (including phenoxy) is 1. The van der Waals surface area contributed by atoms with E-state index in [1.807, 2.05) is 19.9 Å². The number of methoxy groups -OCH3 is 1. The summed E-state index contributed by atoms with van der Waals surface area (Å²) in [6.07, 6.45) is 0.786. The SMILES string of the molecule is COC1CC(NS(=O)(=O)c2ccc(CN)cc2C)C1(C)C. The van der Waals surface area contributed by atoms with Crippen LogP contribution in [0.25, 0.3) is 0 Å². The van der Waals surface area contributed by atoms with Gasteiger partial charge in [0.05, 0.1) is 11.0 Å². The molecule has 1 saturated carbocycles. The van der Waals surface area contributed by atoms with Crippen LogP contribution >= 0.6 is 0 Å². The molecule has 2 rings (SSSR count). The third kappa shape index (κ3) is 2.99. The Morgan fingerprint density at radius 2 is 2.10 bits per heavy atom. The minimum Gasteiger partial charge on any atom is -0.381 e. The zero-order chi connectivity index (χ0) is 15.8. The lowest BCUT2D eigenvalue weighted by molar-refractivity contribution is -0.0908. The molecule has 2 unspecified atom stereocenters. The van der Waals surface area contributed by atoms with Gasteiger partial charge in [-0.3, -0.25) is 0 Å². The number of nitrogens with one attached hydrogen (secondary N) is 1. The van der Waals surface area contributed by atoms with E-state index in [1.165, 1.54) is 0 Å². The number of sulfonamides is 1. The second-order valence-electron chi connectivity index (χ2n) is 6.26. The van der Waals surface area contributed by atoms with Crippen LogP contribution in [-0.4, -0.2) is 27.7 Å². The lowest BCUT2D eigenvalue weighted by atomic mass is 9.65. The van der Waals surface area contributed by atoms with Gasteiger partial charge in [0, 0.05) is 25.1 Å². The molecule has 5 nitrogen and oxygen atoms in total. The summed E-state index contributed by atoms with van der Waals surface area (Å²) in [5.74, 6) is 0. The van der Waals surface area contributed by atoms with Gasteiger partial charge < -0.3 is 10.5 Å². The maximum Gasteiger partial charge on any atom is 0.241 e. The second kappa shape index (κ2) is 5.68. The molecule has 1 aliphatic rings. The standard InChI is InChI=1S/C15H24N2O3S/c1-10-7-11(9-16)5-6-12(10)21(18,19)17-13-8-14(20-4)15(13,2)3/h5-7,13-14,17H,8-9,16H2,1-4H3. The summed E-state index contributed by atoms with van der Waals surface area (Å²) in [6, 6.07) is 5.09. The van der Waals surface area contributed by atoms with Crippen molar-refractivity contribution in [2.45, 2.75) is 50.8 Å². The van der Waals surface area contributed by atoms with Gasteiger partial charge in [-0.1, -0.05) is 26.0 Å². The molecule has 0 spiro atoms. The van der Waals surface area contributed by atoms with Gasteiger partial charge in [-0.2, -0.15) is 0 Å². The smallest absolute Gasteiger partial charge is 0.241 e. The van der Waals surface area contributed by atoms with E-state index in [9.17, 15) is 8.42 Å². The van der Waals surface area contributed by atoms with E-state index >= 15 is 0 Å². The van der Waals surface area contributed by atoms with Crippen molar-refractivity contribution in [2.75, 3.05) is 7.11 Å². The van der Waals surface area contributed by atoms with E-state index in [0.717, 1.165) is 5.56 Å². The van der Waals surface area contributed by atoms with Crippen molar-refractivity contribution in [1.29, 1.82) is 0 Å². The van der Waals surface area contributed by atoms with E-state index in [-0.39, 0.29) is 17.6 Å².